The Kier molecular flexibility index (Phi) is 4.97. The molecule has 1 aromatic carbocycles. The number of rotatable bonds is 4. The van der Waals surface area contributed by atoms with Gasteiger partial charge in [-0.2, -0.15) is 5.26 Å². The minimum absolute atomic E-state index is 0.00567. The van der Waals surface area contributed by atoms with Gasteiger partial charge in [0.1, 0.15) is 17.7 Å². The molecule has 0 radical (unpaired) electrons. The minimum atomic E-state index is -0.826. The summed E-state index contributed by atoms with van der Waals surface area (Å²) in [5, 5.41) is 9.09. The largest absolute Gasteiger partial charge is 0.461 e. The maximum Gasteiger partial charge on any atom is 0.329 e. The van der Waals surface area contributed by atoms with Crippen molar-refractivity contribution in [3.63, 3.8) is 0 Å². The summed E-state index contributed by atoms with van der Waals surface area (Å²) in [6.45, 7) is 5.09. The molecule has 1 unspecified atom stereocenters. The Morgan fingerprint density at radius 1 is 1.13 bits per heavy atom. The van der Waals surface area contributed by atoms with Crippen molar-refractivity contribution in [2.75, 3.05) is 0 Å². The van der Waals surface area contributed by atoms with Crippen LogP contribution in [-0.4, -0.2) is 16.6 Å². The number of pyridine rings is 1. The second kappa shape index (κ2) is 6.93. The van der Waals surface area contributed by atoms with Crippen LogP contribution in [-0.2, 0) is 9.53 Å². The van der Waals surface area contributed by atoms with Gasteiger partial charge in [0.2, 0.25) is 0 Å². The molecule has 0 saturated heterocycles. The summed E-state index contributed by atoms with van der Waals surface area (Å²) in [6, 6.07) is 13.4. The fourth-order valence-corrected chi connectivity index (χ4v) is 2.30. The van der Waals surface area contributed by atoms with Crippen LogP contribution in [0.3, 0.4) is 0 Å². The first-order valence-electron chi connectivity index (χ1n) is 7.37. The van der Waals surface area contributed by atoms with Gasteiger partial charge in [0, 0.05) is 0 Å². The van der Waals surface area contributed by atoms with Crippen molar-refractivity contribution in [1.29, 1.82) is 5.26 Å². The van der Waals surface area contributed by atoms with Crippen molar-refractivity contribution in [2.24, 2.45) is 0 Å². The van der Waals surface area contributed by atoms with Crippen LogP contribution in [0.2, 0.25) is 0 Å². The predicted molar refractivity (Wildman–Crippen MR) is 86.8 cm³/mol. The standard InChI is InChI=1S/C18H18N2O3/c1-12(2)23-18(22)13(3)20-16(14-7-5-4-6-8-14)10-9-15(11-19)17(20)21/h4-10,12-13H,1-3H3. The SMILES string of the molecule is CC(C)OC(=O)C(C)n1c(-c2ccccc2)ccc(C#N)c1=O. The van der Waals surface area contributed by atoms with Crippen LogP contribution in [0.25, 0.3) is 11.3 Å². The molecule has 1 aromatic heterocycles. The van der Waals surface area contributed by atoms with E-state index in [0.717, 1.165) is 5.56 Å². The van der Waals surface area contributed by atoms with E-state index >= 15 is 0 Å². The fraction of sp³-hybridized carbons (Fsp3) is 0.278. The lowest BCUT2D eigenvalue weighted by Crippen LogP contribution is -2.32. The number of hydrogen-bond acceptors (Lipinski definition) is 4. The normalized spacial score (nSPS) is 11.8. The van der Waals surface area contributed by atoms with Gasteiger partial charge in [0.25, 0.3) is 5.56 Å². The zero-order chi connectivity index (χ0) is 17.0. The number of benzene rings is 1. The summed E-state index contributed by atoms with van der Waals surface area (Å²) in [4.78, 5) is 24.8. The number of hydrogen-bond donors (Lipinski definition) is 0. The van der Waals surface area contributed by atoms with Gasteiger partial charge in [-0.05, 0) is 38.5 Å². The number of nitrogens with zero attached hydrogens (tertiary/aromatic N) is 2. The zero-order valence-corrected chi connectivity index (χ0v) is 13.3. The average molecular weight is 310 g/mol. The van der Waals surface area contributed by atoms with Gasteiger partial charge in [-0.15, -0.1) is 0 Å². The Bertz CT molecular complexity index is 801. The first-order chi connectivity index (χ1) is 11.0. The van der Waals surface area contributed by atoms with Crippen LogP contribution in [0.15, 0.2) is 47.3 Å². The van der Waals surface area contributed by atoms with Crippen molar-refractivity contribution in [2.45, 2.75) is 32.9 Å². The van der Waals surface area contributed by atoms with Crippen molar-refractivity contribution in [3.8, 4) is 17.3 Å². The lowest BCUT2D eigenvalue weighted by atomic mass is 10.1. The Morgan fingerprint density at radius 2 is 1.78 bits per heavy atom. The summed E-state index contributed by atoms with van der Waals surface area (Å²) in [5.41, 5.74) is 0.858. The number of aromatic nitrogens is 1. The molecule has 118 valence electrons. The van der Waals surface area contributed by atoms with Crippen molar-refractivity contribution in [1.82, 2.24) is 4.57 Å². The second-order valence-electron chi connectivity index (χ2n) is 5.45. The Hall–Kier alpha value is -2.87. The molecule has 0 N–H and O–H groups in total. The highest BCUT2D eigenvalue weighted by Gasteiger charge is 2.23. The van der Waals surface area contributed by atoms with Gasteiger partial charge < -0.3 is 4.74 Å². The number of nitriles is 1. The molecular formula is C18H18N2O3. The summed E-state index contributed by atoms with van der Waals surface area (Å²) in [7, 11) is 0. The van der Waals surface area contributed by atoms with Crippen LogP contribution in [0.1, 0.15) is 32.4 Å². The van der Waals surface area contributed by atoms with E-state index in [4.69, 9.17) is 10.00 Å². The van der Waals surface area contributed by atoms with Gasteiger partial charge in [-0.1, -0.05) is 30.3 Å². The second-order valence-corrected chi connectivity index (χ2v) is 5.45. The quantitative estimate of drug-likeness (QED) is 0.814. The topological polar surface area (TPSA) is 72.1 Å². The van der Waals surface area contributed by atoms with Gasteiger partial charge in [0.05, 0.1) is 11.8 Å². The number of esters is 1. The van der Waals surface area contributed by atoms with E-state index < -0.39 is 17.6 Å². The van der Waals surface area contributed by atoms with E-state index in [1.54, 1.807) is 26.8 Å². The van der Waals surface area contributed by atoms with Gasteiger partial charge in [0.15, 0.2) is 0 Å². The number of carbonyl (C=O) groups excluding carboxylic acids is 1. The summed E-state index contributed by atoms with van der Waals surface area (Å²) in [5.74, 6) is -0.505. The molecule has 2 aromatic rings. The van der Waals surface area contributed by atoms with Crippen LogP contribution in [0, 0.1) is 11.3 Å². The molecule has 0 aliphatic carbocycles. The van der Waals surface area contributed by atoms with E-state index in [2.05, 4.69) is 0 Å². The predicted octanol–water partition coefficient (Wildman–Crippen LogP) is 2.90. The van der Waals surface area contributed by atoms with Gasteiger partial charge >= 0.3 is 5.97 Å². The highest BCUT2D eigenvalue weighted by molar-refractivity contribution is 5.75. The molecule has 0 bridgehead atoms. The highest BCUT2D eigenvalue weighted by atomic mass is 16.5. The van der Waals surface area contributed by atoms with Gasteiger partial charge in [-0.3, -0.25) is 9.36 Å². The molecule has 0 saturated carbocycles. The third-order valence-electron chi connectivity index (χ3n) is 3.39. The Balaban J connectivity index is 2.62. The number of carbonyl (C=O) groups is 1. The third-order valence-corrected chi connectivity index (χ3v) is 3.39. The molecule has 0 aliphatic heterocycles. The molecule has 2 rings (SSSR count). The highest BCUT2D eigenvalue weighted by Crippen LogP contribution is 2.22. The maximum atomic E-state index is 12.6. The van der Waals surface area contributed by atoms with Crippen LogP contribution in [0.4, 0.5) is 0 Å². The fourth-order valence-electron chi connectivity index (χ4n) is 2.30. The Labute approximate surface area is 134 Å². The van der Waals surface area contributed by atoms with E-state index in [-0.39, 0.29) is 11.7 Å². The van der Waals surface area contributed by atoms with Crippen molar-refractivity contribution < 1.29 is 9.53 Å². The smallest absolute Gasteiger partial charge is 0.329 e. The monoisotopic (exact) mass is 310 g/mol. The van der Waals surface area contributed by atoms with Gasteiger partial charge in [-0.25, -0.2) is 4.79 Å². The summed E-state index contributed by atoms with van der Waals surface area (Å²) < 4.78 is 6.52. The average Bonchev–Trinajstić information content (AvgIpc) is 2.54. The first kappa shape index (κ1) is 16.5. The maximum absolute atomic E-state index is 12.6. The molecule has 1 atom stereocenters. The molecular weight excluding hydrogens is 292 g/mol. The van der Waals surface area contributed by atoms with Crippen LogP contribution < -0.4 is 5.56 Å². The Morgan fingerprint density at radius 3 is 2.35 bits per heavy atom. The van der Waals surface area contributed by atoms with Crippen LogP contribution >= 0.6 is 0 Å². The van der Waals surface area contributed by atoms with E-state index in [0.29, 0.717) is 5.69 Å². The van der Waals surface area contributed by atoms with Crippen molar-refractivity contribution >= 4 is 5.97 Å². The molecule has 23 heavy (non-hydrogen) atoms. The first-order valence-corrected chi connectivity index (χ1v) is 7.37. The summed E-state index contributed by atoms with van der Waals surface area (Å²) in [6.07, 6.45) is -0.278. The van der Waals surface area contributed by atoms with E-state index in [1.165, 1.54) is 10.6 Å². The molecule has 5 heteroatoms. The van der Waals surface area contributed by atoms with Crippen LogP contribution in [0.5, 0.6) is 0 Å². The third kappa shape index (κ3) is 3.49. The molecule has 5 nitrogen and oxygen atoms in total. The number of ether oxygens (including phenoxy) is 1. The summed E-state index contributed by atoms with van der Waals surface area (Å²) >= 11 is 0. The molecule has 0 fully saturated rings. The lowest BCUT2D eigenvalue weighted by molar-refractivity contribution is -0.150. The van der Waals surface area contributed by atoms with Crippen molar-refractivity contribution in [3.05, 3.63) is 58.4 Å². The van der Waals surface area contributed by atoms with E-state index in [1.807, 2.05) is 36.4 Å². The minimum Gasteiger partial charge on any atom is -0.461 e. The molecule has 0 amide bonds. The van der Waals surface area contributed by atoms with E-state index in [9.17, 15) is 9.59 Å². The zero-order valence-electron chi connectivity index (χ0n) is 13.3. The molecule has 1 heterocycles. The molecule has 0 aliphatic rings. The lowest BCUT2D eigenvalue weighted by Gasteiger charge is -2.20. The molecule has 0 spiro atoms.